The number of hydrogen-bond donors (Lipinski definition) is 2. The first-order valence-electron chi connectivity index (χ1n) is 7.77. The highest BCUT2D eigenvalue weighted by atomic mass is 16.4. The molecular formula is C16H20N4O3. The summed E-state index contributed by atoms with van der Waals surface area (Å²) in [6.45, 7) is 6.92. The molecule has 0 unspecified atom stereocenters. The molecule has 2 aromatic heterocycles. The van der Waals surface area contributed by atoms with Crippen molar-refractivity contribution in [3.8, 4) is 0 Å². The van der Waals surface area contributed by atoms with Gasteiger partial charge in [-0.3, -0.25) is 9.36 Å². The SMILES string of the molecule is CCn1c(=O)c(C(=O)O)c(N2CCNCC2)c2ccc(C)nc21. The van der Waals surface area contributed by atoms with Crippen molar-refractivity contribution in [1.29, 1.82) is 0 Å². The molecule has 7 heteroatoms. The van der Waals surface area contributed by atoms with Gasteiger partial charge in [-0.05, 0) is 26.0 Å². The molecular weight excluding hydrogens is 296 g/mol. The van der Waals surface area contributed by atoms with E-state index in [1.54, 1.807) is 0 Å². The van der Waals surface area contributed by atoms with Gasteiger partial charge in [-0.15, -0.1) is 0 Å². The summed E-state index contributed by atoms with van der Waals surface area (Å²) in [5, 5.41) is 13.6. The topological polar surface area (TPSA) is 87.5 Å². The predicted octanol–water partition coefficient (Wildman–Crippen LogP) is 0.833. The predicted molar refractivity (Wildman–Crippen MR) is 88.5 cm³/mol. The van der Waals surface area contributed by atoms with Crippen molar-refractivity contribution in [1.82, 2.24) is 14.9 Å². The van der Waals surface area contributed by atoms with E-state index in [1.165, 1.54) is 4.57 Å². The summed E-state index contributed by atoms with van der Waals surface area (Å²) in [5.74, 6) is -1.19. The fourth-order valence-electron chi connectivity index (χ4n) is 3.10. The molecule has 1 aliphatic heterocycles. The number of aryl methyl sites for hydroxylation is 2. The second-order valence-corrected chi connectivity index (χ2v) is 5.64. The van der Waals surface area contributed by atoms with Crippen molar-refractivity contribution in [2.75, 3.05) is 31.1 Å². The fraction of sp³-hybridized carbons (Fsp3) is 0.438. The van der Waals surface area contributed by atoms with Crippen LogP contribution in [0.3, 0.4) is 0 Å². The van der Waals surface area contributed by atoms with E-state index in [0.717, 1.165) is 24.2 Å². The minimum absolute atomic E-state index is 0.160. The van der Waals surface area contributed by atoms with E-state index in [2.05, 4.69) is 10.3 Å². The van der Waals surface area contributed by atoms with E-state index in [-0.39, 0.29) is 5.56 Å². The minimum atomic E-state index is -1.19. The maximum absolute atomic E-state index is 12.7. The van der Waals surface area contributed by atoms with E-state index in [0.29, 0.717) is 31.0 Å². The molecule has 2 N–H and O–H groups in total. The van der Waals surface area contributed by atoms with Gasteiger partial charge < -0.3 is 15.3 Å². The Kier molecular flexibility index (Phi) is 4.04. The first-order chi connectivity index (χ1) is 11.0. The molecule has 0 aromatic carbocycles. The van der Waals surface area contributed by atoms with Crippen molar-refractivity contribution >= 4 is 22.7 Å². The van der Waals surface area contributed by atoms with E-state index >= 15 is 0 Å². The molecule has 0 saturated carbocycles. The lowest BCUT2D eigenvalue weighted by molar-refractivity contribution is 0.0695. The number of aromatic nitrogens is 2. The molecule has 2 aromatic rings. The quantitative estimate of drug-likeness (QED) is 0.872. The lowest BCUT2D eigenvalue weighted by Crippen LogP contribution is -2.45. The lowest BCUT2D eigenvalue weighted by Gasteiger charge is -2.31. The first kappa shape index (κ1) is 15.5. The monoisotopic (exact) mass is 316 g/mol. The number of nitrogens with zero attached hydrogens (tertiary/aromatic N) is 3. The molecule has 0 radical (unpaired) electrons. The van der Waals surface area contributed by atoms with Gasteiger partial charge in [0.25, 0.3) is 5.56 Å². The zero-order valence-electron chi connectivity index (χ0n) is 13.3. The molecule has 1 saturated heterocycles. The largest absolute Gasteiger partial charge is 0.477 e. The Morgan fingerprint density at radius 2 is 2.04 bits per heavy atom. The van der Waals surface area contributed by atoms with E-state index in [1.807, 2.05) is 30.9 Å². The van der Waals surface area contributed by atoms with E-state index in [4.69, 9.17) is 0 Å². The zero-order chi connectivity index (χ0) is 16.6. The van der Waals surface area contributed by atoms with Gasteiger partial charge in [0.15, 0.2) is 0 Å². The number of fused-ring (bicyclic) bond motifs is 1. The molecule has 0 spiro atoms. The molecule has 0 amide bonds. The minimum Gasteiger partial charge on any atom is -0.477 e. The third-order valence-corrected chi connectivity index (χ3v) is 4.18. The molecule has 0 atom stereocenters. The molecule has 3 rings (SSSR count). The number of aromatic carboxylic acids is 1. The number of anilines is 1. The highest BCUT2D eigenvalue weighted by molar-refractivity contribution is 6.04. The van der Waals surface area contributed by atoms with Crippen LogP contribution >= 0.6 is 0 Å². The van der Waals surface area contributed by atoms with Crippen molar-refractivity contribution < 1.29 is 9.90 Å². The van der Waals surface area contributed by atoms with Crippen LogP contribution in [0.25, 0.3) is 11.0 Å². The lowest BCUT2D eigenvalue weighted by atomic mass is 10.1. The molecule has 0 aliphatic carbocycles. The van der Waals surface area contributed by atoms with Crippen LogP contribution in [0.15, 0.2) is 16.9 Å². The summed E-state index contributed by atoms with van der Waals surface area (Å²) in [6.07, 6.45) is 0. The third-order valence-electron chi connectivity index (χ3n) is 4.18. The van der Waals surface area contributed by atoms with Crippen molar-refractivity contribution in [2.45, 2.75) is 20.4 Å². The molecule has 1 aliphatic rings. The van der Waals surface area contributed by atoms with E-state index in [9.17, 15) is 14.7 Å². The van der Waals surface area contributed by atoms with Crippen LogP contribution in [-0.4, -0.2) is 46.8 Å². The Morgan fingerprint density at radius 1 is 1.35 bits per heavy atom. The number of carbonyl (C=O) groups is 1. The smallest absolute Gasteiger partial charge is 0.343 e. The van der Waals surface area contributed by atoms with Gasteiger partial charge in [0.1, 0.15) is 11.2 Å². The van der Waals surface area contributed by atoms with Crippen LogP contribution in [0, 0.1) is 6.92 Å². The standard InChI is InChI=1S/C16H20N4O3/c1-3-20-14-11(5-4-10(2)18-14)13(12(15(20)21)16(22)23)19-8-6-17-7-9-19/h4-5,17H,3,6-9H2,1-2H3,(H,22,23). The number of carboxylic acid groups (broad SMARTS) is 1. The zero-order valence-corrected chi connectivity index (χ0v) is 13.3. The number of carboxylic acids is 1. The Bertz CT molecular complexity index is 822. The summed E-state index contributed by atoms with van der Waals surface area (Å²) < 4.78 is 1.44. The molecule has 23 heavy (non-hydrogen) atoms. The Balaban J connectivity index is 2.41. The average Bonchev–Trinajstić information content (AvgIpc) is 2.54. The van der Waals surface area contributed by atoms with Crippen LogP contribution in [0.4, 0.5) is 5.69 Å². The number of rotatable bonds is 3. The first-order valence-corrected chi connectivity index (χ1v) is 7.77. The molecule has 122 valence electrons. The Hall–Kier alpha value is -2.41. The van der Waals surface area contributed by atoms with Crippen LogP contribution in [0.5, 0.6) is 0 Å². The molecule has 1 fully saturated rings. The van der Waals surface area contributed by atoms with Crippen molar-refractivity contribution in [2.24, 2.45) is 0 Å². The van der Waals surface area contributed by atoms with Crippen LogP contribution < -0.4 is 15.8 Å². The van der Waals surface area contributed by atoms with Gasteiger partial charge in [0.05, 0.1) is 5.69 Å². The maximum atomic E-state index is 12.7. The summed E-state index contributed by atoms with van der Waals surface area (Å²) in [5.41, 5.74) is 1.20. The van der Waals surface area contributed by atoms with Gasteiger partial charge in [-0.25, -0.2) is 9.78 Å². The van der Waals surface area contributed by atoms with Crippen LogP contribution in [0.2, 0.25) is 0 Å². The maximum Gasteiger partial charge on any atom is 0.343 e. The Morgan fingerprint density at radius 3 is 2.65 bits per heavy atom. The van der Waals surface area contributed by atoms with Gasteiger partial charge >= 0.3 is 5.97 Å². The summed E-state index contributed by atoms with van der Waals surface area (Å²) in [6, 6.07) is 3.72. The van der Waals surface area contributed by atoms with E-state index < -0.39 is 11.5 Å². The van der Waals surface area contributed by atoms with Gasteiger partial charge in [0, 0.05) is 43.8 Å². The van der Waals surface area contributed by atoms with Gasteiger partial charge in [0.2, 0.25) is 0 Å². The van der Waals surface area contributed by atoms with Crippen LogP contribution in [-0.2, 0) is 6.54 Å². The molecule has 7 nitrogen and oxygen atoms in total. The fourth-order valence-corrected chi connectivity index (χ4v) is 3.10. The van der Waals surface area contributed by atoms with Gasteiger partial charge in [-0.2, -0.15) is 0 Å². The second kappa shape index (κ2) is 6.00. The number of hydrogen-bond acceptors (Lipinski definition) is 5. The highest BCUT2D eigenvalue weighted by Crippen LogP contribution is 2.28. The molecule has 0 bridgehead atoms. The third kappa shape index (κ3) is 2.57. The van der Waals surface area contributed by atoms with Crippen molar-refractivity contribution in [3.63, 3.8) is 0 Å². The highest BCUT2D eigenvalue weighted by Gasteiger charge is 2.26. The van der Waals surface area contributed by atoms with Crippen molar-refractivity contribution in [3.05, 3.63) is 33.7 Å². The average molecular weight is 316 g/mol. The second-order valence-electron chi connectivity index (χ2n) is 5.64. The number of pyridine rings is 2. The summed E-state index contributed by atoms with van der Waals surface area (Å²) in [7, 11) is 0. The summed E-state index contributed by atoms with van der Waals surface area (Å²) >= 11 is 0. The Labute approximate surface area is 133 Å². The van der Waals surface area contributed by atoms with Gasteiger partial charge in [-0.1, -0.05) is 0 Å². The van der Waals surface area contributed by atoms with Crippen LogP contribution in [0.1, 0.15) is 23.0 Å². The molecule has 3 heterocycles. The normalized spacial score (nSPS) is 15.1. The summed E-state index contributed by atoms with van der Waals surface area (Å²) in [4.78, 5) is 31.0. The number of piperazine rings is 1. The number of nitrogens with one attached hydrogen (secondary N) is 1.